The standard InChI is InChI=1S/C17H18F2N4O3S2/c1-17(8-7-10-3-5-11(6-4-10)26-14(18)19)13(24)23(15(25)20-17)9-12-21-22-16(27-2)28-12/h3-6,14H,7-9H2,1-2H3,(H,20,25). The number of aryl methyl sites for hydroxylation is 1. The summed E-state index contributed by atoms with van der Waals surface area (Å²) in [5, 5.41) is 11.3. The van der Waals surface area contributed by atoms with E-state index in [1.807, 2.05) is 6.26 Å². The Kier molecular flexibility index (Phi) is 6.14. The second kappa shape index (κ2) is 8.39. The Labute approximate surface area is 168 Å². The van der Waals surface area contributed by atoms with Gasteiger partial charge in [0.05, 0.1) is 6.54 Å². The quantitative estimate of drug-likeness (QED) is 0.513. The molecule has 1 aliphatic heterocycles. The van der Waals surface area contributed by atoms with Gasteiger partial charge in [-0.15, -0.1) is 10.2 Å². The summed E-state index contributed by atoms with van der Waals surface area (Å²) in [6.45, 7) is -1.12. The zero-order valence-electron chi connectivity index (χ0n) is 15.1. The molecule has 2 aromatic rings. The van der Waals surface area contributed by atoms with Gasteiger partial charge in [-0.3, -0.25) is 9.69 Å². The number of amides is 3. The number of imide groups is 1. The molecule has 1 aromatic carbocycles. The number of hydrogen-bond acceptors (Lipinski definition) is 7. The SMILES string of the molecule is CSc1nnc(CN2C(=O)NC(C)(CCc3ccc(OC(F)F)cc3)C2=O)s1. The number of alkyl halides is 2. The number of benzene rings is 1. The average molecular weight is 428 g/mol. The van der Waals surface area contributed by atoms with Gasteiger partial charge in [0.1, 0.15) is 16.3 Å². The van der Waals surface area contributed by atoms with Gasteiger partial charge in [-0.1, -0.05) is 35.2 Å². The fraction of sp³-hybridized carbons (Fsp3) is 0.412. The average Bonchev–Trinajstić information content (AvgIpc) is 3.19. The van der Waals surface area contributed by atoms with Crippen LogP contribution in [0.1, 0.15) is 23.9 Å². The highest BCUT2D eigenvalue weighted by Crippen LogP contribution is 2.27. The topological polar surface area (TPSA) is 84.4 Å². The lowest BCUT2D eigenvalue weighted by Crippen LogP contribution is -2.44. The second-order valence-electron chi connectivity index (χ2n) is 6.34. The molecule has 2 heterocycles. The third-order valence-corrected chi connectivity index (χ3v) is 6.21. The van der Waals surface area contributed by atoms with Crippen molar-refractivity contribution in [3.63, 3.8) is 0 Å². The minimum absolute atomic E-state index is 0.0723. The molecule has 1 aromatic heterocycles. The number of hydrogen-bond donors (Lipinski definition) is 1. The van der Waals surface area contributed by atoms with Gasteiger partial charge in [-0.2, -0.15) is 8.78 Å². The summed E-state index contributed by atoms with van der Waals surface area (Å²) in [4.78, 5) is 26.2. The predicted molar refractivity (Wildman–Crippen MR) is 101 cm³/mol. The first-order valence-corrected chi connectivity index (χ1v) is 10.4. The molecule has 1 aliphatic rings. The Balaban J connectivity index is 1.62. The van der Waals surface area contributed by atoms with Crippen LogP contribution in [-0.2, 0) is 17.8 Å². The van der Waals surface area contributed by atoms with E-state index >= 15 is 0 Å². The molecule has 11 heteroatoms. The number of aromatic nitrogens is 2. The molecule has 1 unspecified atom stereocenters. The largest absolute Gasteiger partial charge is 0.435 e. The molecular weight excluding hydrogens is 410 g/mol. The van der Waals surface area contributed by atoms with Crippen LogP contribution in [0.15, 0.2) is 28.6 Å². The first kappa shape index (κ1) is 20.5. The molecule has 28 heavy (non-hydrogen) atoms. The van der Waals surface area contributed by atoms with Crippen molar-refractivity contribution < 1.29 is 23.1 Å². The van der Waals surface area contributed by atoms with Gasteiger partial charge in [0, 0.05) is 0 Å². The summed E-state index contributed by atoms with van der Waals surface area (Å²) in [6, 6.07) is 5.75. The van der Waals surface area contributed by atoms with Crippen molar-refractivity contribution in [1.82, 2.24) is 20.4 Å². The molecule has 0 spiro atoms. The Morgan fingerprint density at radius 2 is 2.00 bits per heavy atom. The summed E-state index contributed by atoms with van der Waals surface area (Å²) in [7, 11) is 0. The highest BCUT2D eigenvalue weighted by atomic mass is 32.2. The minimum atomic E-state index is -2.87. The minimum Gasteiger partial charge on any atom is -0.435 e. The number of halogens is 2. The van der Waals surface area contributed by atoms with E-state index in [-0.39, 0.29) is 18.2 Å². The first-order valence-electron chi connectivity index (χ1n) is 8.35. The van der Waals surface area contributed by atoms with Crippen molar-refractivity contribution in [1.29, 1.82) is 0 Å². The highest BCUT2D eigenvalue weighted by Gasteiger charge is 2.47. The summed E-state index contributed by atoms with van der Waals surface area (Å²) < 4.78 is 29.5. The Bertz CT molecular complexity index is 862. The number of ether oxygens (including phenoxy) is 1. The monoisotopic (exact) mass is 428 g/mol. The smallest absolute Gasteiger partial charge is 0.387 e. The Hall–Kier alpha value is -2.27. The number of rotatable bonds is 8. The van der Waals surface area contributed by atoms with Crippen molar-refractivity contribution in [2.24, 2.45) is 0 Å². The Morgan fingerprint density at radius 1 is 1.29 bits per heavy atom. The molecule has 7 nitrogen and oxygen atoms in total. The van der Waals surface area contributed by atoms with Crippen LogP contribution in [-0.4, -0.2) is 45.4 Å². The molecule has 3 amide bonds. The molecule has 0 aliphatic carbocycles. The maximum atomic E-state index is 12.8. The van der Waals surface area contributed by atoms with Crippen molar-refractivity contribution >= 4 is 35.0 Å². The lowest BCUT2D eigenvalue weighted by molar-refractivity contribution is -0.131. The van der Waals surface area contributed by atoms with Crippen LogP contribution in [0.25, 0.3) is 0 Å². The van der Waals surface area contributed by atoms with Gasteiger partial charge in [0.2, 0.25) is 0 Å². The van der Waals surface area contributed by atoms with Crippen molar-refractivity contribution in [3.8, 4) is 5.75 Å². The summed E-state index contributed by atoms with van der Waals surface area (Å²) >= 11 is 2.79. The summed E-state index contributed by atoms with van der Waals surface area (Å²) in [5.74, 6) is -0.251. The van der Waals surface area contributed by atoms with Crippen LogP contribution < -0.4 is 10.1 Å². The van der Waals surface area contributed by atoms with E-state index in [2.05, 4.69) is 20.3 Å². The van der Waals surface area contributed by atoms with Gasteiger partial charge >= 0.3 is 12.6 Å². The lowest BCUT2D eigenvalue weighted by atomic mass is 9.93. The zero-order chi connectivity index (χ0) is 20.3. The van der Waals surface area contributed by atoms with Crippen LogP contribution in [0.3, 0.4) is 0 Å². The van der Waals surface area contributed by atoms with E-state index < -0.39 is 18.2 Å². The molecule has 1 fully saturated rings. The van der Waals surface area contributed by atoms with Crippen molar-refractivity contribution in [2.45, 2.75) is 42.8 Å². The molecule has 1 saturated heterocycles. The Morgan fingerprint density at radius 3 is 2.61 bits per heavy atom. The highest BCUT2D eigenvalue weighted by molar-refractivity contribution is 8.00. The fourth-order valence-corrected chi connectivity index (χ4v) is 4.11. The van der Waals surface area contributed by atoms with Crippen LogP contribution in [0, 0.1) is 0 Å². The number of nitrogens with one attached hydrogen (secondary N) is 1. The van der Waals surface area contributed by atoms with Crippen LogP contribution in [0.4, 0.5) is 13.6 Å². The number of carbonyl (C=O) groups is 2. The van der Waals surface area contributed by atoms with Crippen LogP contribution >= 0.6 is 23.1 Å². The molecule has 1 atom stereocenters. The van der Waals surface area contributed by atoms with Crippen molar-refractivity contribution in [2.75, 3.05) is 6.26 Å². The maximum absolute atomic E-state index is 12.8. The predicted octanol–water partition coefficient (Wildman–Crippen LogP) is 3.30. The van der Waals surface area contributed by atoms with Gasteiger partial charge in [0.25, 0.3) is 5.91 Å². The molecule has 0 radical (unpaired) electrons. The number of urea groups is 1. The second-order valence-corrected chi connectivity index (χ2v) is 8.46. The summed E-state index contributed by atoms with van der Waals surface area (Å²) in [6.07, 6.45) is 2.73. The van der Waals surface area contributed by atoms with E-state index in [0.29, 0.717) is 17.8 Å². The zero-order valence-corrected chi connectivity index (χ0v) is 16.8. The molecular formula is C17H18F2N4O3S2. The van der Waals surface area contributed by atoms with Gasteiger partial charge in [-0.05, 0) is 43.7 Å². The van der Waals surface area contributed by atoms with Gasteiger partial charge in [-0.25, -0.2) is 4.79 Å². The number of carbonyl (C=O) groups excluding carboxylic acids is 2. The van der Waals surface area contributed by atoms with Crippen LogP contribution in [0.2, 0.25) is 0 Å². The molecule has 0 bridgehead atoms. The number of nitrogens with zero attached hydrogens (tertiary/aromatic N) is 3. The number of thioether (sulfide) groups is 1. The van der Waals surface area contributed by atoms with Crippen molar-refractivity contribution in [3.05, 3.63) is 34.8 Å². The normalized spacial score (nSPS) is 19.4. The maximum Gasteiger partial charge on any atom is 0.387 e. The van der Waals surface area contributed by atoms with Gasteiger partial charge in [0.15, 0.2) is 4.34 Å². The summed E-state index contributed by atoms with van der Waals surface area (Å²) in [5.41, 5.74) is -0.195. The van der Waals surface area contributed by atoms with Gasteiger partial charge < -0.3 is 10.1 Å². The molecule has 3 rings (SSSR count). The fourth-order valence-electron chi connectivity index (χ4n) is 2.81. The lowest BCUT2D eigenvalue weighted by Gasteiger charge is -2.21. The molecule has 1 N–H and O–H groups in total. The first-order chi connectivity index (χ1) is 13.3. The van der Waals surface area contributed by atoms with E-state index in [1.54, 1.807) is 19.1 Å². The third-order valence-electron chi connectivity index (χ3n) is 4.32. The molecule has 0 saturated carbocycles. The van der Waals surface area contributed by atoms with Crippen LogP contribution in [0.5, 0.6) is 5.75 Å². The van der Waals surface area contributed by atoms with E-state index in [0.717, 1.165) is 14.8 Å². The van der Waals surface area contributed by atoms with E-state index in [1.165, 1.54) is 35.2 Å². The van der Waals surface area contributed by atoms with E-state index in [9.17, 15) is 18.4 Å². The van der Waals surface area contributed by atoms with E-state index in [4.69, 9.17) is 0 Å². The molecule has 150 valence electrons. The third kappa shape index (κ3) is 4.58.